The van der Waals surface area contributed by atoms with Crippen molar-refractivity contribution in [2.45, 2.75) is 13.8 Å². The maximum Gasteiger partial charge on any atom is 0.269 e. The van der Waals surface area contributed by atoms with E-state index >= 15 is 0 Å². The third kappa shape index (κ3) is 4.72. The highest BCUT2D eigenvalue weighted by Crippen LogP contribution is 2.13. The normalized spacial score (nSPS) is 9.95. The van der Waals surface area contributed by atoms with E-state index in [0.717, 1.165) is 16.8 Å². The molecule has 2 aromatic carbocycles. The van der Waals surface area contributed by atoms with Gasteiger partial charge in [-0.3, -0.25) is 15.6 Å². The first kappa shape index (κ1) is 16.3. The summed E-state index contributed by atoms with van der Waals surface area (Å²) in [6.07, 6.45) is 0. The fraction of sp³-hybridized carbons (Fsp3) is 0.125. The molecule has 0 bridgehead atoms. The Hall–Kier alpha value is -2.11. The molecular formula is C16H16ClN3OS. The van der Waals surface area contributed by atoms with Crippen LogP contribution in [0.2, 0.25) is 5.02 Å². The van der Waals surface area contributed by atoms with Crippen LogP contribution in [0.5, 0.6) is 0 Å². The van der Waals surface area contributed by atoms with Crippen LogP contribution >= 0.6 is 23.8 Å². The van der Waals surface area contributed by atoms with Crippen LogP contribution in [0.1, 0.15) is 21.5 Å². The number of hydrogen-bond acceptors (Lipinski definition) is 2. The summed E-state index contributed by atoms with van der Waals surface area (Å²) in [6, 6.07) is 12.6. The molecule has 0 fully saturated rings. The van der Waals surface area contributed by atoms with Gasteiger partial charge in [-0.05, 0) is 73.6 Å². The standard InChI is InChI=1S/C16H16ClN3OS/c1-10-7-11(2)9-14(8-10)18-16(22)20-19-15(21)12-3-5-13(17)6-4-12/h3-9H,1-2H3,(H,19,21)(H2,18,20,22). The average molecular weight is 334 g/mol. The minimum Gasteiger partial charge on any atom is -0.331 e. The second-order valence-corrected chi connectivity index (χ2v) is 5.76. The van der Waals surface area contributed by atoms with Crippen molar-refractivity contribution in [3.63, 3.8) is 0 Å². The van der Waals surface area contributed by atoms with Gasteiger partial charge in [0.15, 0.2) is 5.11 Å². The van der Waals surface area contributed by atoms with E-state index in [4.69, 9.17) is 23.8 Å². The van der Waals surface area contributed by atoms with Crippen molar-refractivity contribution >= 4 is 40.5 Å². The minimum absolute atomic E-state index is 0.291. The first-order valence-electron chi connectivity index (χ1n) is 6.65. The maximum absolute atomic E-state index is 11.9. The number of rotatable bonds is 2. The SMILES string of the molecule is Cc1cc(C)cc(NC(=S)NNC(=O)c2ccc(Cl)cc2)c1. The van der Waals surface area contributed by atoms with Gasteiger partial charge in [0.25, 0.3) is 5.91 Å². The van der Waals surface area contributed by atoms with Crippen LogP contribution in [0.4, 0.5) is 5.69 Å². The molecule has 1 amide bonds. The van der Waals surface area contributed by atoms with Gasteiger partial charge in [-0.2, -0.15) is 0 Å². The van der Waals surface area contributed by atoms with Gasteiger partial charge < -0.3 is 5.32 Å². The van der Waals surface area contributed by atoms with E-state index in [0.29, 0.717) is 15.7 Å². The quantitative estimate of drug-likeness (QED) is 0.580. The number of halogens is 1. The molecular weight excluding hydrogens is 318 g/mol. The molecule has 0 atom stereocenters. The second-order valence-electron chi connectivity index (χ2n) is 4.92. The van der Waals surface area contributed by atoms with Gasteiger partial charge >= 0.3 is 0 Å². The molecule has 2 aromatic rings. The molecule has 0 saturated carbocycles. The van der Waals surface area contributed by atoms with Crippen LogP contribution in [0.25, 0.3) is 0 Å². The van der Waals surface area contributed by atoms with Gasteiger partial charge in [0.1, 0.15) is 0 Å². The number of carbonyl (C=O) groups excluding carboxylic acids is 1. The molecule has 22 heavy (non-hydrogen) atoms. The Morgan fingerprint density at radius 3 is 2.18 bits per heavy atom. The summed E-state index contributed by atoms with van der Waals surface area (Å²) in [7, 11) is 0. The molecule has 2 rings (SSSR count). The largest absolute Gasteiger partial charge is 0.331 e. The molecule has 0 unspecified atom stereocenters. The molecule has 0 heterocycles. The van der Waals surface area contributed by atoms with Crippen molar-refractivity contribution in [2.24, 2.45) is 0 Å². The fourth-order valence-electron chi connectivity index (χ4n) is 2.00. The van der Waals surface area contributed by atoms with E-state index < -0.39 is 0 Å². The highest BCUT2D eigenvalue weighted by atomic mass is 35.5. The van der Waals surface area contributed by atoms with Crippen molar-refractivity contribution in [3.05, 3.63) is 64.2 Å². The number of anilines is 1. The third-order valence-corrected chi connectivity index (χ3v) is 3.33. The summed E-state index contributed by atoms with van der Waals surface area (Å²) in [5.74, 6) is -0.291. The van der Waals surface area contributed by atoms with E-state index in [1.54, 1.807) is 24.3 Å². The average Bonchev–Trinajstić information content (AvgIpc) is 2.44. The topological polar surface area (TPSA) is 53.2 Å². The summed E-state index contributed by atoms with van der Waals surface area (Å²) in [5.41, 5.74) is 8.83. The molecule has 3 N–H and O–H groups in total. The molecule has 0 spiro atoms. The smallest absolute Gasteiger partial charge is 0.269 e. The van der Waals surface area contributed by atoms with Gasteiger partial charge in [0, 0.05) is 16.3 Å². The lowest BCUT2D eigenvalue weighted by molar-refractivity contribution is 0.0944. The van der Waals surface area contributed by atoms with E-state index in [-0.39, 0.29) is 5.91 Å². The molecule has 0 saturated heterocycles. The Labute approximate surface area is 139 Å². The summed E-state index contributed by atoms with van der Waals surface area (Å²) in [4.78, 5) is 11.9. The molecule has 0 aliphatic carbocycles. The Balaban J connectivity index is 1.89. The predicted octanol–water partition coefficient (Wildman–Crippen LogP) is 3.59. The molecule has 0 aliphatic rings. The number of amides is 1. The third-order valence-electron chi connectivity index (χ3n) is 2.88. The molecule has 0 radical (unpaired) electrons. The van der Waals surface area contributed by atoms with Crippen LogP contribution in [-0.4, -0.2) is 11.0 Å². The fourth-order valence-corrected chi connectivity index (χ4v) is 2.29. The van der Waals surface area contributed by atoms with Gasteiger partial charge in [0.05, 0.1) is 0 Å². The first-order valence-corrected chi connectivity index (χ1v) is 7.44. The molecule has 114 valence electrons. The van der Waals surface area contributed by atoms with Crippen LogP contribution in [0.15, 0.2) is 42.5 Å². The lowest BCUT2D eigenvalue weighted by Crippen LogP contribution is -2.43. The Kier molecular flexibility index (Phi) is 5.35. The van der Waals surface area contributed by atoms with Gasteiger partial charge in [0.2, 0.25) is 0 Å². The van der Waals surface area contributed by atoms with Gasteiger partial charge in [-0.25, -0.2) is 0 Å². The summed E-state index contributed by atoms with van der Waals surface area (Å²) >= 11 is 10.9. The van der Waals surface area contributed by atoms with Crippen molar-refractivity contribution in [2.75, 3.05) is 5.32 Å². The first-order chi connectivity index (χ1) is 10.4. The lowest BCUT2D eigenvalue weighted by Gasteiger charge is -2.12. The van der Waals surface area contributed by atoms with E-state index in [2.05, 4.69) is 22.2 Å². The van der Waals surface area contributed by atoms with Crippen molar-refractivity contribution in [1.29, 1.82) is 0 Å². The van der Waals surface area contributed by atoms with Crippen LogP contribution in [0, 0.1) is 13.8 Å². The van der Waals surface area contributed by atoms with Crippen LogP contribution in [0.3, 0.4) is 0 Å². The molecule has 6 heteroatoms. The second kappa shape index (κ2) is 7.24. The van der Waals surface area contributed by atoms with E-state index in [1.807, 2.05) is 26.0 Å². The summed E-state index contributed by atoms with van der Waals surface area (Å²) in [6.45, 7) is 4.02. The summed E-state index contributed by atoms with van der Waals surface area (Å²) in [5, 5.41) is 3.92. The van der Waals surface area contributed by atoms with Gasteiger partial charge in [-0.15, -0.1) is 0 Å². The molecule has 0 aliphatic heterocycles. The molecule has 0 aromatic heterocycles. The number of carbonyl (C=O) groups is 1. The zero-order valence-electron chi connectivity index (χ0n) is 12.2. The number of hydrogen-bond donors (Lipinski definition) is 3. The number of thiocarbonyl (C=S) groups is 1. The van der Waals surface area contributed by atoms with E-state index in [9.17, 15) is 4.79 Å². The highest BCUT2D eigenvalue weighted by Gasteiger charge is 2.05. The Morgan fingerprint density at radius 2 is 1.59 bits per heavy atom. The Bertz CT molecular complexity index is 681. The summed E-state index contributed by atoms with van der Waals surface area (Å²) < 4.78 is 0. The van der Waals surface area contributed by atoms with E-state index in [1.165, 1.54) is 0 Å². The van der Waals surface area contributed by atoms with Crippen molar-refractivity contribution in [1.82, 2.24) is 10.9 Å². The maximum atomic E-state index is 11.9. The number of benzene rings is 2. The highest BCUT2D eigenvalue weighted by molar-refractivity contribution is 7.80. The number of aryl methyl sites for hydroxylation is 2. The van der Waals surface area contributed by atoms with Crippen molar-refractivity contribution in [3.8, 4) is 0 Å². The van der Waals surface area contributed by atoms with Crippen molar-refractivity contribution < 1.29 is 4.79 Å². The Morgan fingerprint density at radius 1 is 1.00 bits per heavy atom. The predicted molar refractivity (Wildman–Crippen MR) is 94.2 cm³/mol. The zero-order valence-corrected chi connectivity index (χ0v) is 13.8. The van der Waals surface area contributed by atoms with Gasteiger partial charge in [-0.1, -0.05) is 17.7 Å². The monoisotopic (exact) mass is 333 g/mol. The lowest BCUT2D eigenvalue weighted by atomic mass is 10.1. The van der Waals surface area contributed by atoms with Crippen LogP contribution < -0.4 is 16.2 Å². The number of hydrazine groups is 1. The minimum atomic E-state index is -0.291. The molecule has 4 nitrogen and oxygen atoms in total. The van der Waals surface area contributed by atoms with Crippen LogP contribution in [-0.2, 0) is 0 Å². The number of nitrogens with one attached hydrogen (secondary N) is 3. The zero-order chi connectivity index (χ0) is 16.1.